The number of hydrogen-bond donors (Lipinski definition) is 1. The quantitative estimate of drug-likeness (QED) is 0.665. The van der Waals surface area contributed by atoms with Gasteiger partial charge in [-0.25, -0.2) is 0 Å². The van der Waals surface area contributed by atoms with Gasteiger partial charge in [0.05, 0.1) is 0 Å². The van der Waals surface area contributed by atoms with Crippen molar-refractivity contribution in [2.45, 2.75) is 25.3 Å². The van der Waals surface area contributed by atoms with Crippen LogP contribution in [0.2, 0.25) is 0 Å². The van der Waals surface area contributed by atoms with E-state index < -0.39 is 0 Å². The number of ether oxygens (including phenoxy) is 1. The van der Waals surface area contributed by atoms with Crippen LogP contribution in [0.15, 0.2) is 65.4 Å². The average molecular weight is 349 g/mol. The zero-order valence-corrected chi connectivity index (χ0v) is 15.1. The monoisotopic (exact) mass is 349 g/mol. The van der Waals surface area contributed by atoms with E-state index in [1.54, 1.807) is 11.3 Å². The Morgan fingerprint density at radius 2 is 1.92 bits per heavy atom. The van der Waals surface area contributed by atoms with Gasteiger partial charge >= 0.3 is 0 Å². The normalized spacial score (nSPS) is 16.9. The Morgan fingerprint density at radius 3 is 2.68 bits per heavy atom. The lowest BCUT2D eigenvalue weighted by Gasteiger charge is -2.13. The lowest BCUT2D eigenvalue weighted by molar-refractivity contribution is 0.277. The van der Waals surface area contributed by atoms with Gasteiger partial charge in [0, 0.05) is 6.04 Å². The molecule has 25 heavy (non-hydrogen) atoms. The summed E-state index contributed by atoms with van der Waals surface area (Å²) < 4.78 is 5.92. The molecule has 0 unspecified atom stereocenters. The summed E-state index contributed by atoms with van der Waals surface area (Å²) in [4.78, 5) is 0. The molecule has 1 aromatic heterocycles. The van der Waals surface area contributed by atoms with Gasteiger partial charge in [0.1, 0.15) is 12.4 Å². The van der Waals surface area contributed by atoms with Crippen molar-refractivity contribution in [3.05, 3.63) is 76.5 Å². The largest absolute Gasteiger partial charge is 0.492 e. The van der Waals surface area contributed by atoms with E-state index in [-0.39, 0.29) is 0 Å². The zero-order chi connectivity index (χ0) is 16.9. The first kappa shape index (κ1) is 16.4. The fourth-order valence-corrected chi connectivity index (χ4v) is 4.05. The maximum absolute atomic E-state index is 5.92. The van der Waals surface area contributed by atoms with E-state index in [0.29, 0.717) is 6.04 Å². The van der Waals surface area contributed by atoms with Gasteiger partial charge in [0.2, 0.25) is 0 Å². The smallest absolute Gasteiger partial charge is 0.119 e. The molecule has 0 radical (unpaired) electrons. The molecule has 2 aromatic carbocycles. The van der Waals surface area contributed by atoms with Gasteiger partial charge < -0.3 is 10.1 Å². The first-order valence-electron chi connectivity index (χ1n) is 8.94. The molecule has 1 N–H and O–H groups in total. The van der Waals surface area contributed by atoms with Crippen molar-refractivity contribution < 1.29 is 4.74 Å². The number of rotatable bonds is 6. The molecule has 2 nitrogen and oxygen atoms in total. The summed E-state index contributed by atoms with van der Waals surface area (Å²) in [6.07, 6.45) is 3.42. The maximum Gasteiger partial charge on any atom is 0.119 e. The van der Waals surface area contributed by atoms with Crippen LogP contribution in [0, 0.1) is 0 Å². The van der Waals surface area contributed by atoms with Gasteiger partial charge in [-0.3, -0.25) is 0 Å². The molecule has 4 rings (SSSR count). The van der Waals surface area contributed by atoms with Gasteiger partial charge in [0.15, 0.2) is 0 Å². The lowest BCUT2D eigenvalue weighted by atomic mass is 9.96. The fraction of sp³-hybridized carbons (Fsp3) is 0.273. The van der Waals surface area contributed by atoms with E-state index >= 15 is 0 Å². The Morgan fingerprint density at radius 1 is 1.04 bits per heavy atom. The molecular weight excluding hydrogens is 326 g/mol. The van der Waals surface area contributed by atoms with Gasteiger partial charge in [0.25, 0.3) is 0 Å². The fourth-order valence-electron chi connectivity index (χ4n) is 3.39. The van der Waals surface area contributed by atoms with Crippen LogP contribution in [0.5, 0.6) is 5.75 Å². The van der Waals surface area contributed by atoms with Crippen molar-refractivity contribution in [3.63, 3.8) is 0 Å². The van der Waals surface area contributed by atoms with Crippen LogP contribution in [-0.2, 0) is 6.42 Å². The van der Waals surface area contributed by atoms with E-state index in [1.807, 2.05) is 0 Å². The lowest BCUT2D eigenvalue weighted by Crippen LogP contribution is -2.28. The maximum atomic E-state index is 5.92. The first-order valence-corrected chi connectivity index (χ1v) is 9.88. The highest BCUT2D eigenvalue weighted by molar-refractivity contribution is 7.08. The molecule has 3 heteroatoms. The summed E-state index contributed by atoms with van der Waals surface area (Å²) in [5.74, 6) is 0.962. The van der Waals surface area contributed by atoms with Crippen LogP contribution in [0.3, 0.4) is 0 Å². The summed E-state index contributed by atoms with van der Waals surface area (Å²) in [6, 6.07) is 19.9. The third-order valence-corrected chi connectivity index (χ3v) is 5.46. The molecule has 1 saturated heterocycles. The van der Waals surface area contributed by atoms with Crippen molar-refractivity contribution >= 4 is 11.3 Å². The van der Waals surface area contributed by atoms with Crippen LogP contribution in [0.25, 0.3) is 11.1 Å². The summed E-state index contributed by atoms with van der Waals surface area (Å²) in [5.41, 5.74) is 5.32. The highest BCUT2D eigenvalue weighted by atomic mass is 32.1. The minimum Gasteiger partial charge on any atom is -0.492 e. The van der Waals surface area contributed by atoms with E-state index in [0.717, 1.165) is 25.3 Å². The molecule has 1 aliphatic heterocycles. The van der Waals surface area contributed by atoms with Crippen LogP contribution >= 0.6 is 11.3 Å². The second-order valence-corrected chi connectivity index (χ2v) is 7.37. The Kier molecular flexibility index (Phi) is 5.14. The predicted molar refractivity (Wildman–Crippen MR) is 106 cm³/mol. The van der Waals surface area contributed by atoms with Crippen molar-refractivity contribution in [2.75, 3.05) is 13.2 Å². The second kappa shape index (κ2) is 7.85. The van der Waals surface area contributed by atoms with Crippen LogP contribution in [0.1, 0.15) is 24.0 Å². The molecule has 2 heterocycles. The van der Waals surface area contributed by atoms with Crippen molar-refractivity contribution in [1.82, 2.24) is 5.32 Å². The van der Waals surface area contributed by atoms with E-state index in [9.17, 15) is 0 Å². The topological polar surface area (TPSA) is 21.3 Å². The van der Waals surface area contributed by atoms with Crippen molar-refractivity contribution in [3.8, 4) is 16.9 Å². The standard InChI is InChI=1S/C22H23NOS/c1-2-6-22(19-11-13-25-16-19)18(4-1)14-17-7-9-21(10-8-17)24-15-20-5-3-12-23-20/h1-2,4,6-11,13,16,20,23H,3,5,12,14-15H2/t20-/m0/s1. The van der Waals surface area contributed by atoms with Gasteiger partial charge in [-0.15, -0.1) is 0 Å². The summed E-state index contributed by atoms with van der Waals surface area (Å²) in [7, 11) is 0. The molecule has 1 aliphatic rings. The first-order chi connectivity index (χ1) is 12.4. The highest BCUT2D eigenvalue weighted by Crippen LogP contribution is 2.28. The van der Waals surface area contributed by atoms with Gasteiger partial charge in [-0.05, 0) is 77.0 Å². The van der Waals surface area contributed by atoms with Crippen LogP contribution in [-0.4, -0.2) is 19.2 Å². The van der Waals surface area contributed by atoms with Gasteiger partial charge in [-0.1, -0.05) is 36.4 Å². The van der Waals surface area contributed by atoms with Crippen LogP contribution in [0.4, 0.5) is 0 Å². The Labute approximate surface area is 153 Å². The van der Waals surface area contributed by atoms with E-state index in [1.165, 1.54) is 35.1 Å². The van der Waals surface area contributed by atoms with E-state index in [2.05, 4.69) is 70.7 Å². The highest BCUT2D eigenvalue weighted by Gasteiger charge is 2.14. The third kappa shape index (κ3) is 4.12. The minimum atomic E-state index is 0.511. The van der Waals surface area contributed by atoms with Gasteiger partial charge in [-0.2, -0.15) is 11.3 Å². The minimum absolute atomic E-state index is 0.511. The van der Waals surface area contributed by atoms with Crippen molar-refractivity contribution in [1.29, 1.82) is 0 Å². The third-order valence-electron chi connectivity index (χ3n) is 4.78. The molecule has 3 aromatic rings. The molecule has 0 spiro atoms. The summed E-state index contributed by atoms with van der Waals surface area (Å²) in [6.45, 7) is 1.89. The Balaban J connectivity index is 1.43. The number of thiophene rings is 1. The average Bonchev–Trinajstić information content (AvgIpc) is 3.36. The molecule has 128 valence electrons. The molecular formula is C22H23NOS. The Hall–Kier alpha value is -2.10. The SMILES string of the molecule is c1ccc(-c2ccsc2)c(Cc2ccc(OC[C@@H]3CCCN3)cc2)c1. The molecule has 0 amide bonds. The summed E-state index contributed by atoms with van der Waals surface area (Å²) in [5, 5.41) is 7.82. The molecule has 0 saturated carbocycles. The number of hydrogen-bond acceptors (Lipinski definition) is 3. The number of benzene rings is 2. The van der Waals surface area contributed by atoms with E-state index in [4.69, 9.17) is 4.74 Å². The molecule has 1 atom stereocenters. The molecule has 0 bridgehead atoms. The predicted octanol–water partition coefficient (Wildman–Crippen LogP) is 5.14. The zero-order valence-electron chi connectivity index (χ0n) is 14.3. The second-order valence-electron chi connectivity index (χ2n) is 6.59. The number of nitrogens with one attached hydrogen (secondary N) is 1. The summed E-state index contributed by atoms with van der Waals surface area (Å²) >= 11 is 1.75. The van der Waals surface area contributed by atoms with Crippen LogP contribution < -0.4 is 10.1 Å². The molecule has 1 fully saturated rings. The van der Waals surface area contributed by atoms with Crippen molar-refractivity contribution in [2.24, 2.45) is 0 Å². The Bertz CT molecular complexity index is 789. The molecule has 0 aliphatic carbocycles.